The van der Waals surface area contributed by atoms with Gasteiger partial charge in [-0.3, -0.25) is 4.79 Å². The highest BCUT2D eigenvalue weighted by molar-refractivity contribution is 9.10. The summed E-state index contributed by atoms with van der Waals surface area (Å²) >= 11 is 3.44. The van der Waals surface area contributed by atoms with Crippen molar-refractivity contribution < 1.29 is 18.7 Å². The third-order valence-electron chi connectivity index (χ3n) is 3.79. The van der Waals surface area contributed by atoms with E-state index in [2.05, 4.69) is 21.2 Å². The van der Waals surface area contributed by atoms with Crippen molar-refractivity contribution in [2.75, 3.05) is 19.8 Å². The second-order valence-electron chi connectivity index (χ2n) is 6.34. The molecule has 0 spiro atoms. The maximum absolute atomic E-state index is 14.3. The lowest BCUT2D eigenvalue weighted by atomic mass is 10.0. The molecule has 4 nitrogen and oxygen atoms in total. The van der Waals surface area contributed by atoms with Crippen molar-refractivity contribution in [1.29, 1.82) is 0 Å². The molecule has 0 unspecified atom stereocenters. The van der Waals surface area contributed by atoms with Crippen molar-refractivity contribution in [2.24, 2.45) is 0 Å². The molecule has 0 radical (unpaired) electrons. The molecule has 27 heavy (non-hydrogen) atoms. The smallest absolute Gasteiger partial charge is 0.252 e. The van der Waals surface area contributed by atoms with Gasteiger partial charge >= 0.3 is 0 Å². The normalized spacial score (nSPS) is 10.9. The van der Waals surface area contributed by atoms with Crippen LogP contribution in [0.2, 0.25) is 0 Å². The van der Waals surface area contributed by atoms with Gasteiger partial charge in [0.15, 0.2) is 0 Å². The van der Waals surface area contributed by atoms with Crippen LogP contribution in [0.3, 0.4) is 0 Å². The standard InChI is InChI=1S/C21H25BrFNO3/c1-4-26-10-7-11-27-20-13-17(21(25)24-14(2)3)18(22)12-16(20)15-8-5-6-9-19(15)23/h5-6,8-9,12-14H,4,7,10-11H2,1-3H3,(H,24,25). The number of ether oxygens (including phenoxy) is 2. The van der Waals surface area contributed by atoms with Crippen molar-refractivity contribution in [2.45, 2.75) is 33.2 Å². The molecule has 1 amide bonds. The van der Waals surface area contributed by atoms with Crippen molar-refractivity contribution in [1.82, 2.24) is 5.32 Å². The largest absolute Gasteiger partial charge is 0.493 e. The average molecular weight is 438 g/mol. The third-order valence-corrected chi connectivity index (χ3v) is 4.45. The first-order valence-electron chi connectivity index (χ1n) is 9.03. The Kier molecular flexibility index (Phi) is 8.25. The van der Waals surface area contributed by atoms with E-state index in [-0.39, 0.29) is 17.8 Å². The molecule has 0 aromatic heterocycles. The van der Waals surface area contributed by atoms with Crippen LogP contribution < -0.4 is 10.1 Å². The van der Waals surface area contributed by atoms with Crippen LogP contribution in [-0.2, 0) is 4.74 Å². The van der Waals surface area contributed by atoms with Crippen LogP contribution in [0, 0.1) is 5.82 Å². The summed E-state index contributed by atoms with van der Waals surface area (Å²) in [5.74, 6) is -0.0900. The fourth-order valence-electron chi connectivity index (χ4n) is 2.56. The van der Waals surface area contributed by atoms with Gasteiger partial charge < -0.3 is 14.8 Å². The van der Waals surface area contributed by atoms with Crippen LogP contribution in [0.1, 0.15) is 37.6 Å². The Hall–Kier alpha value is -1.92. The van der Waals surface area contributed by atoms with Crippen LogP contribution in [0.4, 0.5) is 4.39 Å². The molecule has 6 heteroatoms. The van der Waals surface area contributed by atoms with E-state index in [1.54, 1.807) is 30.3 Å². The highest BCUT2D eigenvalue weighted by atomic mass is 79.9. The van der Waals surface area contributed by atoms with Crippen LogP contribution in [0.5, 0.6) is 5.75 Å². The Labute approximate surface area is 168 Å². The zero-order chi connectivity index (χ0) is 19.8. The number of benzene rings is 2. The van der Waals surface area contributed by atoms with E-state index in [4.69, 9.17) is 9.47 Å². The quantitative estimate of drug-likeness (QED) is 0.548. The summed E-state index contributed by atoms with van der Waals surface area (Å²) in [5, 5.41) is 2.86. The summed E-state index contributed by atoms with van der Waals surface area (Å²) in [7, 11) is 0. The number of carbonyl (C=O) groups excluding carboxylic acids is 1. The summed E-state index contributed by atoms with van der Waals surface area (Å²) in [5.41, 5.74) is 1.47. The number of amides is 1. The highest BCUT2D eigenvalue weighted by Crippen LogP contribution is 2.36. The molecule has 0 saturated carbocycles. The third kappa shape index (κ3) is 6.04. The SMILES string of the molecule is CCOCCCOc1cc(C(=O)NC(C)C)c(Br)cc1-c1ccccc1F. The van der Waals surface area contributed by atoms with Gasteiger partial charge in [0.05, 0.1) is 12.2 Å². The maximum atomic E-state index is 14.3. The van der Waals surface area contributed by atoms with Gasteiger partial charge in [-0.05, 0) is 54.9 Å². The van der Waals surface area contributed by atoms with Crippen LogP contribution in [0.25, 0.3) is 11.1 Å². The maximum Gasteiger partial charge on any atom is 0.252 e. The second-order valence-corrected chi connectivity index (χ2v) is 7.19. The average Bonchev–Trinajstić information content (AvgIpc) is 2.62. The topological polar surface area (TPSA) is 47.6 Å². The number of hydrogen-bond acceptors (Lipinski definition) is 3. The molecular formula is C21H25BrFNO3. The van der Waals surface area contributed by atoms with Gasteiger partial charge in [-0.15, -0.1) is 0 Å². The molecule has 0 heterocycles. The number of carbonyl (C=O) groups is 1. The molecule has 0 aliphatic rings. The van der Waals surface area contributed by atoms with Crippen LogP contribution in [-0.4, -0.2) is 31.8 Å². The molecule has 0 saturated heterocycles. The zero-order valence-corrected chi connectivity index (χ0v) is 17.4. The second kappa shape index (κ2) is 10.4. The van der Waals surface area contributed by atoms with Crippen LogP contribution >= 0.6 is 15.9 Å². The number of nitrogens with one attached hydrogen (secondary N) is 1. The minimum Gasteiger partial charge on any atom is -0.493 e. The van der Waals surface area contributed by atoms with Gasteiger partial charge in [0.1, 0.15) is 11.6 Å². The monoisotopic (exact) mass is 437 g/mol. The van der Waals surface area contributed by atoms with Crippen LogP contribution in [0.15, 0.2) is 40.9 Å². The van der Waals surface area contributed by atoms with Gasteiger partial charge in [0, 0.05) is 41.3 Å². The molecule has 0 bridgehead atoms. The first-order valence-corrected chi connectivity index (χ1v) is 9.83. The number of halogens is 2. The molecule has 0 aliphatic heterocycles. The Balaban J connectivity index is 2.37. The molecule has 0 fully saturated rings. The lowest BCUT2D eigenvalue weighted by molar-refractivity contribution is 0.0941. The first kappa shape index (κ1) is 21.4. The number of hydrogen-bond donors (Lipinski definition) is 1. The van der Waals surface area contributed by atoms with Gasteiger partial charge in [-0.25, -0.2) is 4.39 Å². The molecular weight excluding hydrogens is 413 g/mol. The summed E-state index contributed by atoms with van der Waals surface area (Å²) in [4.78, 5) is 12.5. The Bertz CT molecular complexity index is 780. The first-order chi connectivity index (χ1) is 12.9. The Morgan fingerprint density at radius 3 is 2.59 bits per heavy atom. The van der Waals surface area contributed by atoms with E-state index in [9.17, 15) is 9.18 Å². The van der Waals surface area contributed by atoms with E-state index in [0.717, 1.165) is 0 Å². The zero-order valence-electron chi connectivity index (χ0n) is 15.9. The molecule has 2 aromatic rings. The highest BCUT2D eigenvalue weighted by Gasteiger charge is 2.18. The van der Waals surface area contributed by atoms with E-state index >= 15 is 0 Å². The fourth-order valence-corrected chi connectivity index (χ4v) is 3.09. The van der Waals surface area contributed by atoms with Crippen molar-refractivity contribution >= 4 is 21.8 Å². The van der Waals surface area contributed by atoms with Crippen molar-refractivity contribution in [3.63, 3.8) is 0 Å². The molecule has 146 valence electrons. The lowest BCUT2D eigenvalue weighted by Crippen LogP contribution is -2.30. The van der Waals surface area contributed by atoms with Gasteiger partial charge in [-0.1, -0.05) is 18.2 Å². The van der Waals surface area contributed by atoms with Gasteiger partial charge in [0.25, 0.3) is 5.91 Å². The van der Waals surface area contributed by atoms with Gasteiger partial charge in [-0.2, -0.15) is 0 Å². The summed E-state index contributed by atoms with van der Waals surface area (Å²) in [6, 6.07) is 9.90. The molecule has 1 N–H and O–H groups in total. The molecule has 0 atom stereocenters. The number of rotatable bonds is 9. The minimum absolute atomic E-state index is 0.00575. The van der Waals surface area contributed by atoms with Crippen molar-refractivity contribution in [3.05, 3.63) is 52.3 Å². The van der Waals surface area contributed by atoms with E-state index in [0.29, 0.717) is 53.2 Å². The van der Waals surface area contributed by atoms with Gasteiger partial charge in [0.2, 0.25) is 0 Å². The predicted molar refractivity (Wildman–Crippen MR) is 109 cm³/mol. The van der Waals surface area contributed by atoms with E-state index in [1.165, 1.54) is 6.07 Å². The summed E-state index contributed by atoms with van der Waals surface area (Å²) in [6.07, 6.45) is 0.703. The van der Waals surface area contributed by atoms with Crippen molar-refractivity contribution in [3.8, 4) is 16.9 Å². The van der Waals surface area contributed by atoms with E-state index < -0.39 is 0 Å². The summed E-state index contributed by atoms with van der Waals surface area (Å²) < 4.78 is 26.1. The Morgan fingerprint density at radius 1 is 1.19 bits per heavy atom. The molecule has 0 aliphatic carbocycles. The minimum atomic E-state index is -0.344. The summed E-state index contributed by atoms with van der Waals surface area (Å²) in [6.45, 7) is 7.37. The van der Waals surface area contributed by atoms with E-state index in [1.807, 2.05) is 20.8 Å². The fraction of sp³-hybridized carbons (Fsp3) is 0.381. The Morgan fingerprint density at radius 2 is 1.93 bits per heavy atom. The molecule has 2 rings (SSSR count). The lowest BCUT2D eigenvalue weighted by Gasteiger charge is -2.16. The molecule has 2 aromatic carbocycles. The predicted octanol–water partition coefficient (Wildman–Crippen LogP) is 5.20.